The maximum atomic E-state index is 12.0. The zero-order valence-corrected chi connectivity index (χ0v) is 12.1. The van der Waals surface area contributed by atoms with Crippen molar-refractivity contribution in [2.75, 3.05) is 13.1 Å². The molecule has 4 nitrogen and oxygen atoms in total. The summed E-state index contributed by atoms with van der Waals surface area (Å²) in [6.45, 7) is 2.49. The summed E-state index contributed by atoms with van der Waals surface area (Å²) in [6.07, 6.45) is 5.87. The molecule has 2 N–H and O–H groups in total. The second kappa shape index (κ2) is 6.70. The Balaban J connectivity index is 1.94. The molecular formula is C14H20N2O2S. The van der Waals surface area contributed by atoms with E-state index in [0.29, 0.717) is 6.54 Å². The molecule has 0 atom stereocenters. The number of rotatable bonds is 4. The third-order valence-corrected chi connectivity index (χ3v) is 4.49. The number of likely N-dealkylation sites (N-methyl/N-ethyl adjacent to an activating group) is 1. The smallest absolute Gasteiger partial charge is 0.261 e. The van der Waals surface area contributed by atoms with E-state index >= 15 is 0 Å². The molecular weight excluding hydrogens is 260 g/mol. The van der Waals surface area contributed by atoms with Crippen LogP contribution in [0.25, 0.3) is 0 Å². The van der Waals surface area contributed by atoms with Crippen molar-refractivity contribution in [3.05, 3.63) is 21.4 Å². The van der Waals surface area contributed by atoms with E-state index in [1.807, 2.05) is 13.0 Å². The summed E-state index contributed by atoms with van der Waals surface area (Å²) in [6, 6.07) is 2.00. The van der Waals surface area contributed by atoms with Crippen LogP contribution in [0.1, 0.15) is 46.3 Å². The SMILES string of the molecule is CCNC(=O)CNC(=O)c1cc2c(s1)CCCCC2. The average Bonchev–Trinajstić information content (AvgIpc) is 2.68. The van der Waals surface area contributed by atoms with Crippen molar-refractivity contribution in [3.8, 4) is 0 Å². The van der Waals surface area contributed by atoms with Gasteiger partial charge < -0.3 is 10.6 Å². The lowest BCUT2D eigenvalue weighted by atomic mass is 10.1. The summed E-state index contributed by atoms with van der Waals surface area (Å²) in [4.78, 5) is 25.4. The highest BCUT2D eigenvalue weighted by molar-refractivity contribution is 7.14. The molecule has 1 aliphatic carbocycles. The Kier molecular flexibility index (Phi) is 4.96. The van der Waals surface area contributed by atoms with E-state index in [9.17, 15) is 9.59 Å². The summed E-state index contributed by atoms with van der Waals surface area (Å²) in [5.41, 5.74) is 1.32. The fourth-order valence-electron chi connectivity index (χ4n) is 2.29. The van der Waals surface area contributed by atoms with Crippen molar-refractivity contribution in [2.24, 2.45) is 0 Å². The molecule has 5 heteroatoms. The molecule has 1 heterocycles. The number of carbonyl (C=O) groups excluding carboxylic acids is 2. The molecule has 104 valence electrons. The van der Waals surface area contributed by atoms with Crippen molar-refractivity contribution >= 4 is 23.2 Å². The number of thiophene rings is 1. The minimum Gasteiger partial charge on any atom is -0.355 e. The molecule has 0 aromatic carbocycles. The van der Waals surface area contributed by atoms with Crippen LogP contribution in [0.3, 0.4) is 0 Å². The van der Waals surface area contributed by atoms with Gasteiger partial charge in [0, 0.05) is 11.4 Å². The Morgan fingerprint density at radius 3 is 2.79 bits per heavy atom. The number of carbonyl (C=O) groups is 2. The minimum atomic E-state index is -0.144. The number of hydrogen-bond acceptors (Lipinski definition) is 3. The number of nitrogens with one attached hydrogen (secondary N) is 2. The van der Waals surface area contributed by atoms with E-state index in [-0.39, 0.29) is 18.4 Å². The van der Waals surface area contributed by atoms with Gasteiger partial charge in [0.1, 0.15) is 0 Å². The van der Waals surface area contributed by atoms with Gasteiger partial charge in [0.05, 0.1) is 11.4 Å². The molecule has 0 bridgehead atoms. The molecule has 0 spiro atoms. The molecule has 2 amide bonds. The largest absolute Gasteiger partial charge is 0.355 e. The third kappa shape index (κ3) is 3.80. The van der Waals surface area contributed by atoms with Crippen molar-refractivity contribution in [3.63, 3.8) is 0 Å². The number of hydrogen-bond donors (Lipinski definition) is 2. The molecule has 1 aromatic rings. The molecule has 0 saturated heterocycles. The second-order valence-electron chi connectivity index (χ2n) is 4.76. The molecule has 0 saturated carbocycles. The first-order chi connectivity index (χ1) is 9.20. The predicted molar refractivity (Wildman–Crippen MR) is 76.6 cm³/mol. The van der Waals surface area contributed by atoms with Gasteiger partial charge in [-0.15, -0.1) is 11.3 Å². The zero-order valence-electron chi connectivity index (χ0n) is 11.3. The average molecular weight is 280 g/mol. The van der Waals surface area contributed by atoms with Gasteiger partial charge in [-0.1, -0.05) is 6.42 Å². The van der Waals surface area contributed by atoms with Gasteiger partial charge in [-0.25, -0.2) is 0 Å². The Labute approximate surface area is 117 Å². The van der Waals surface area contributed by atoms with E-state index in [2.05, 4.69) is 10.6 Å². The lowest BCUT2D eigenvalue weighted by Crippen LogP contribution is -2.36. The van der Waals surface area contributed by atoms with Gasteiger partial charge in [-0.05, 0) is 44.2 Å². The number of aryl methyl sites for hydroxylation is 2. The fraction of sp³-hybridized carbons (Fsp3) is 0.571. The lowest BCUT2D eigenvalue weighted by Gasteiger charge is -2.03. The van der Waals surface area contributed by atoms with Crippen LogP contribution in [0.5, 0.6) is 0 Å². The molecule has 1 aliphatic rings. The monoisotopic (exact) mass is 280 g/mol. The molecule has 19 heavy (non-hydrogen) atoms. The van der Waals surface area contributed by atoms with Crippen molar-refractivity contribution in [1.29, 1.82) is 0 Å². The van der Waals surface area contributed by atoms with Crippen molar-refractivity contribution < 1.29 is 9.59 Å². The highest BCUT2D eigenvalue weighted by Crippen LogP contribution is 2.28. The molecule has 0 unspecified atom stereocenters. The molecule has 0 fully saturated rings. The van der Waals surface area contributed by atoms with Crippen LogP contribution in [0.2, 0.25) is 0 Å². The Bertz CT molecular complexity index is 445. The van der Waals surface area contributed by atoms with Gasteiger partial charge in [0.2, 0.25) is 5.91 Å². The second-order valence-corrected chi connectivity index (χ2v) is 5.89. The standard InChI is InChI=1S/C14H20N2O2S/c1-2-15-13(17)9-16-14(18)12-8-10-6-4-3-5-7-11(10)19-12/h8H,2-7,9H2,1H3,(H,15,17)(H,16,18). The van der Waals surface area contributed by atoms with Gasteiger partial charge in [-0.2, -0.15) is 0 Å². The Morgan fingerprint density at radius 2 is 2.00 bits per heavy atom. The summed E-state index contributed by atoms with van der Waals surface area (Å²) in [7, 11) is 0. The fourth-order valence-corrected chi connectivity index (χ4v) is 3.46. The van der Waals surface area contributed by atoms with Crippen LogP contribution in [0, 0.1) is 0 Å². The van der Waals surface area contributed by atoms with Crippen LogP contribution in [-0.2, 0) is 17.6 Å². The van der Waals surface area contributed by atoms with Crippen LogP contribution in [0.4, 0.5) is 0 Å². The van der Waals surface area contributed by atoms with Crippen molar-refractivity contribution in [2.45, 2.75) is 39.0 Å². The Hall–Kier alpha value is -1.36. The van der Waals surface area contributed by atoms with Gasteiger partial charge in [-0.3, -0.25) is 9.59 Å². The summed E-state index contributed by atoms with van der Waals surface area (Å²) in [5.74, 6) is -0.279. The highest BCUT2D eigenvalue weighted by atomic mass is 32.1. The Morgan fingerprint density at radius 1 is 1.21 bits per heavy atom. The first kappa shape index (κ1) is 14.1. The zero-order chi connectivity index (χ0) is 13.7. The van der Waals surface area contributed by atoms with Gasteiger partial charge in [0.15, 0.2) is 0 Å². The van der Waals surface area contributed by atoms with Crippen LogP contribution in [-0.4, -0.2) is 24.9 Å². The highest BCUT2D eigenvalue weighted by Gasteiger charge is 2.16. The maximum absolute atomic E-state index is 12.0. The summed E-state index contributed by atoms with van der Waals surface area (Å²) >= 11 is 1.58. The minimum absolute atomic E-state index is 0.0508. The molecule has 2 rings (SSSR count). The molecule has 0 aliphatic heterocycles. The maximum Gasteiger partial charge on any atom is 0.261 e. The van der Waals surface area contributed by atoms with Crippen molar-refractivity contribution in [1.82, 2.24) is 10.6 Å². The first-order valence-corrected chi connectivity index (χ1v) is 7.69. The summed E-state index contributed by atoms with van der Waals surface area (Å²) < 4.78 is 0. The van der Waals surface area contributed by atoms with E-state index in [1.54, 1.807) is 11.3 Å². The first-order valence-electron chi connectivity index (χ1n) is 6.87. The van der Waals surface area contributed by atoms with Crippen LogP contribution >= 0.6 is 11.3 Å². The number of fused-ring (bicyclic) bond motifs is 1. The third-order valence-electron chi connectivity index (χ3n) is 3.25. The van der Waals surface area contributed by atoms with E-state index in [0.717, 1.165) is 17.7 Å². The van der Waals surface area contributed by atoms with Crippen LogP contribution < -0.4 is 10.6 Å². The summed E-state index contributed by atoms with van der Waals surface area (Å²) in [5, 5.41) is 5.33. The molecule has 0 radical (unpaired) electrons. The van der Waals surface area contributed by atoms with E-state index in [4.69, 9.17) is 0 Å². The topological polar surface area (TPSA) is 58.2 Å². The van der Waals surface area contributed by atoms with Gasteiger partial charge >= 0.3 is 0 Å². The number of amides is 2. The van der Waals surface area contributed by atoms with Gasteiger partial charge in [0.25, 0.3) is 5.91 Å². The van der Waals surface area contributed by atoms with E-state index in [1.165, 1.54) is 29.7 Å². The van der Waals surface area contributed by atoms with E-state index < -0.39 is 0 Å². The molecule has 1 aromatic heterocycles. The predicted octanol–water partition coefficient (Wildman–Crippen LogP) is 1.88. The normalized spacial score (nSPS) is 14.4. The lowest BCUT2D eigenvalue weighted by molar-refractivity contribution is -0.120. The van der Waals surface area contributed by atoms with Crippen LogP contribution in [0.15, 0.2) is 6.07 Å². The quantitative estimate of drug-likeness (QED) is 0.827.